The van der Waals surface area contributed by atoms with Crippen LogP contribution in [0.15, 0.2) is 40.1 Å². The van der Waals surface area contributed by atoms with Gasteiger partial charge in [0.2, 0.25) is 0 Å². The zero-order valence-corrected chi connectivity index (χ0v) is 20.3. The number of halogens is 1. The van der Waals surface area contributed by atoms with Gasteiger partial charge in [-0.25, -0.2) is 0 Å². The Morgan fingerprint density at radius 1 is 1.23 bits per heavy atom. The van der Waals surface area contributed by atoms with Crippen molar-refractivity contribution in [3.8, 4) is 17.0 Å². The SMILES string of the molecule is Br.CCN(CC)CCn1nc2c3c(c(C(N)CN)cc(OC)c31)Sc1ccccc1-2. The van der Waals surface area contributed by atoms with Gasteiger partial charge in [0.15, 0.2) is 0 Å². The van der Waals surface area contributed by atoms with E-state index in [-0.39, 0.29) is 23.0 Å². The molecule has 0 radical (unpaired) electrons. The second-order valence-corrected chi connectivity index (χ2v) is 8.31. The summed E-state index contributed by atoms with van der Waals surface area (Å²) in [4.78, 5) is 4.76. The molecule has 2 aromatic carbocycles. The third kappa shape index (κ3) is 3.87. The maximum atomic E-state index is 6.39. The van der Waals surface area contributed by atoms with E-state index < -0.39 is 0 Å². The highest BCUT2D eigenvalue weighted by Gasteiger charge is 2.29. The van der Waals surface area contributed by atoms with Crippen molar-refractivity contribution < 1.29 is 4.74 Å². The van der Waals surface area contributed by atoms with Gasteiger partial charge in [-0.05, 0) is 30.8 Å². The van der Waals surface area contributed by atoms with Gasteiger partial charge < -0.3 is 21.1 Å². The lowest BCUT2D eigenvalue weighted by atomic mass is 10.0. The third-order valence-corrected chi connectivity index (χ3v) is 6.93. The van der Waals surface area contributed by atoms with Crippen LogP contribution in [0.1, 0.15) is 25.5 Å². The Kier molecular flexibility index (Phi) is 7.47. The number of benzene rings is 2. The van der Waals surface area contributed by atoms with Crippen molar-refractivity contribution in [3.63, 3.8) is 0 Å². The number of hydrogen-bond donors (Lipinski definition) is 2. The summed E-state index contributed by atoms with van der Waals surface area (Å²) in [6.45, 7) is 8.57. The van der Waals surface area contributed by atoms with Gasteiger partial charge in [-0.2, -0.15) is 5.10 Å². The molecule has 0 aliphatic carbocycles. The van der Waals surface area contributed by atoms with E-state index in [1.54, 1.807) is 18.9 Å². The fourth-order valence-corrected chi connectivity index (χ4v) is 5.27. The number of rotatable bonds is 8. The number of nitrogens with zero attached hydrogens (tertiary/aromatic N) is 3. The normalized spacial score (nSPS) is 13.3. The van der Waals surface area contributed by atoms with Crippen molar-refractivity contribution in [1.29, 1.82) is 0 Å². The molecular formula is C22H30BrN5OS. The maximum Gasteiger partial charge on any atom is 0.145 e. The summed E-state index contributed by atoms with van der Waals surface area (Å²) in [6, 6.07) is 10.2. The Labute approximate surface area is 192 Å². The number of methoxy groups -OCH3 is 1. The summed E-state index contributed by atoms with van der Waals surface area (Å²) in [7, 11) is 1.71. The predicted molar refractivity (Wildman–Crippen MR) is 130 cm³/mol. The molecule has 0 saturated carbocycles. The molecule has 0 saturated heterocycles. The summed E-state index contributed by atoms with van der Waals surface area (Å²) >= 11 is 1.76. The minimum atomic E-state index is -0.243. The van der Waals surface area contributed by atoms with E-state index in [0.29, 0.717) is 6.54 Å². The molecule has 1 unspecified atom stereocenters. The van der Waals surface area contributed by atoms with Crippen LogP contribution in [-0.2, 0) is 6.54 Å². The van der Waals surface area contributed by atoms with Crippen LogP contribution in [0.2, 0.25) is 0 Å². The fourth-order valence-electron chi connectivity index (χ4n) is 4.00. The van der Waals surface area contributed by atoms with Crippen LogP contribution in [0.3, 0.4) is 0 Å². The first-order valence-corrected chi connectivity index (χ1v) is 11.0. The number of fused-ring (bicyclic) bond motifs is 2. The highest BCUT2D eigenvalue weighted by atomic mass is 79.9. The molecule has 4 N–H and O–H groups in total. The highest BCUT2D eigenvalue weighted by molar-refractivity contribution is 8.93. The van der Waals surface area contributed by atoms with Crippen molar-refractivity contribution in [2.75, 3.05) is 33.3 Å². The number of hydrogen-bond acceptors (Lipinski definition) is 6. The molecule has 2 heterocycles. The number of likely N-dealkylation sites (N-methyl/N-ethyl adjacent to an activating group) is 1. The molecule has 6 nitrogen and oxygen atoms in total. The van der Waals surface area contributed by atoms with Gasteiger partial charge in [0.1, 0.15) is 17.0 Å². The fraction of sp³-hybridized carbons (Fsp3) is 0.409. The Morgan fingerprint density at radius 2 is 1.97 bits per heavy atom. The number of aromatic nitrogens is 2. The van der Waals surface area contributed by atoms with Crippen molar-refractivity contribution in [2.45, 2.75) is 36.2 Å². The third-order valence-electron chi connectivity index (χ3n) is 5.71. The van der Waals surface area contributed by atoms with Crippen LogP contribution in [0.4, 0.5) is 0 Å². The Morgan fingerprint density at radius 3 is 2.63 bits per heavy atom. The van der Waals surface area contributed by atoms with E-state index in [0.717, 1.165) is 64.5 Å². The van der Waals surface area contributed by atoms with Crippen LogP contribution >= 0.6 is 28.7 Å². The molecule has 1 aromatic heterocycles. The minimum Gasteiger partial charge on any atom is -0.494 e. The molecule has 3 aromatic rings. The second-order valence-electron chi connectivity index (χ2n) is 7.26. The molecule has 1 atom stereocenters. The van der Waals surface area contributed by atoms with E-state index in [9.17, 15) is 0 Å². The lowest BCUT2D eigenvalue weighted by Crippen LogP contribution is -2.27. The van der Waals surface area contributed by atoms with E-state index in [4.69, 9.17) is 21.3 Å². The van der Waals surface area contributed by atoms with Crippen LogP contribution in [-0.4, -0.2) is 48.0 Å². The topological polar surface area (TPSA) is 82.3 Å². The molecule has 1 aliphatic rings. The highest BCUT2D eigenvalue weighted by Crippen LogP contribution is 2.51. The Balaban J connectivity index is 0.00000256. The lowest BCUT2D eigenvalue weighted by Gasteiger charge is -2.22. The van der Waals surface area contributed by atoms with Crippen molar-refractivity contribution in [3.05, 3.63) is 35.9 Å². The van der Waals surface area contributed by atoms with E-state index in [1.807, 2.05) is 0 Å². The molecule has 30 heavy (non-hydrogen) atoms. The van der Waals surface area contributed by atoms with Gasteiger partial charge in [-0.1, -0.05) is 43.8 Å². The van der Waals surface area contributed by atoms with E-state index in [2.05, 4.69) is 53.8 Å². The minimum absolute atomic E-state index is 0. The van der Waals surface area contributed by atoms with Gasteiger partial charge in [0.05, 0.1) is 13.7 Å². The molecule has 4 rings (SSSR count). The van der Waals surface area contributed by atoms with Crippen LogP contribution in [0.5, 0.6) is 5.75 Å². The van der Waals surface area contributed by atoms with Crippen LogP contribution in [0.25, 0.3) is 22.2 Å². The monoisotopic (exact) mass is 491 g/mol. The number of nitrogens with two attached hydrogens (primary N) is 2. The maximum absolute atomic E-state index is 6.39. The molecule has 0 amide bonds. The molecule has 0 fully saturated rings. The summed E-state index contributed by atoms with van der Waals surface area (Å²) in [6.07, 6.45) is 0. The summed E-state index contributed by atoms with van der Waals surface area (Å²) < 4.78 is 7.91. The summed E-state index contributed by atoms with van der Waals surface area (Å²) in [5.74, 6) is 0.806. The van der Waals surface area contributed by atoms with Crippen molar-refractivity contribution in [1.82, 2.24) is 14.7 Å². The molecule has 0 spiro atoms. The summed E-state index contributed by atoms with van der Waals surface area (Å²) in [5, 5.41) is 6.19. The largest absolute Gasteiger partial charge is 0.494 e. The van der Waals surface area contributed by atoms with Gasteiger partial charge in [0.25, 0.3) is 0 Å². The zero-order chi connectivity index (χ0) is 20.5. The first-order valence-electron chi connectivity index (χ1n) is 10.2. The van der Waals surface area contributed by atoms with Crippen LogP contribution < -0.4 is 16.2 Å². The molecule has 162 valence electrons. The van der Waals surface area contributed by atoms with Gasteiger partial charge >= 0.3 is 0 Å². The van der Waals surface area contributed by atoms with Crippen LogP contribution in [0, 0.1) is 0 Å². The first-order chi connectivity index (χ1) is 14.1. The average molecular weight is 492 g/mol. The summed E-state index contributed by atoms with van der Waals surface area (Å²) in [5.41, 5.74) is 16.6. The molecule has 1 aliphatic heterocycles. The van der Waals surface area contributed by atoms with Gasteiger partial charge in [-0.15, -0.1) is 17.0 Å². The standard InChI is InChI=1S/C22H29N5OS.BrH/c1-4-26(5-2)10-11-27-21-17(28-3)12-15(16(24)13-23)22-19(21)20(25-27)14-8-6-7-9-18(14)29-22;/h6-9,12,16H,4-5,10-11,13,23-24H2,1-3H3;1H. The van der Waals surface area contributed by atoms with Crippen molar-refractivity contribution in [2.24, 2.45) is 11.5 Å². The van der Waals surface area contributed by atoms with Gasteiger partial charge in [-0.3, -0.25) is 4.68 Å². The average Bonchev–Trinajstić information content (AvgIpc) is 3.15. The Bertz CT molecular complexity index is 1030. The smallest absolute Gasteiger partial charge is 0.145 e. The molecule has 8 heteroatoms. The van der Waals surface area contributed by atoms with E-state index in [1.165, 1.54) is 4.90 Å². The van der Waals surface area contributed by atoms with E-state index >= 15 is 0 Å². The zero-order valence-electron chi connectivity index (χ0n) is 17.7. The van der Waals surface area contributed by atoms with Crippen molar-refractivity contribution >= 4 is 39.6 Å². The molecule has 0 bridgehead atoms. The van der Waals surface area contributed by atoms with Gasteiger partial charge in [0, 0.05) is 39.9 Å². The first kappa shape index (κ1) is 23.1. The quantitative estimate of drug-likeness (QED) is 0.386. The molecular weight excluding hydrogens is 462 g/mol. The Hall–Kier alpha value is -1.58. The predicted octanol–water partition coefficient (Wildman–Crippen LogP) is 4.05. The number of ether oxygens (including phenoxy) is 1. The second kappa shape index (κ2) is 9.70. The lowest BCUT2D eigenvalue weighted by molar-refractivity contribution is 0.286.